The second-order valence-corrected chi connectivity index (χ2v) is 4.50. The highest BCUT2D eigenvalue weighted by atomic mass is 16.5. The van der Waals surface area contributed by atoms with Crippen molar-refractivity contribution in [1.29, 1.82) is 0 Å². The van der Waals surface area contributed by atoms with E-state index in [0.29, 0.717) is 24.2 Å². The second-order valence-electron chi connectivity index (χ2n) is 4.50. The molecular weight excluding hydrogens is 248 g/mol. The Balaban J connectivity index is 2.46. The summed E-state index contributed by atoms with van der Waals surface area (Å²) in [5.41, 5.74) is 6.92. The number of hydrogen-bond donors (Lipinski definition) is 1. The van der Waals surface area contributed by atoms with Gasteiger partial charge in [-0.15, -0.1) is 0 Å². The van der Waals surface area contributed by atoms with E-state index >= 15 is 0 Å². The predicted octanol–water partition coefficient (Wildman–Crippen LogP) is 0.336. The number of aryl methyl sites for hydroxylation is 2. The van der Waals surface area contributed by atoms with Crippen LogP contribution in [0, 0.1) is 6.92 Å². The molecule has 0 radical (unpaired) electrons. The van der Waals surface area contributed by atoms with Crippen molar-refractivity contribution in [2.24, 2.45) is 7.05 Å². The van der Waals surface area contributed by atoms with Crippen molar-refractivity contribution in [1.82, 2.24) is 14.7 Å². The molecule has 0 fully saturated rings. The van der Waals surface area contributed by atoms with Crippen LogP contribution in [0.25, 0.3) is 0 Å². The lowest BCUT2D eigenvalue weighted by Gasteiger charge is -2.10. The molecule has 1 heterocycles. The van der Waals surface area contributed by atoms with Gasteiger partial charge in [-0.25, -0.2) is 4.79 Å². The minimum Gasteiger partial charge on any atom is -0.461 e. The standard InChI is InChI=1S/C12H20N4O3/c1-8-10(13)11(16(4)14-8)12(18)19-7-5-6-9(17)15(2)3/h5-7,13H2,1-4H3. The van der Waals surface area contributed by atoms with Crippen LogP contribution in [-0.4, -0.2) is 47.3 Å². The van der Waals surface area contributed by atoms with Crippen LogP contribution in [0.5, 0.6) is 0 Å². The van der Waals surface area contributed by atoms with Gasteiger partial charge in [-0.2, -0.15) is 5.10 Å². The van der Waals surface area contributed by atoms with Crippen molar-refractivity contribution in [3.63, 3.8) is 0 Å². The summed E-state index contributed by atoms with van der Waals surface area (Å²) in [7, 11) is 5.01. The molecule has 1 aromatic rings. The molecule has 106 valence electrons. The molecule has 0 saturated heterocycles. The minimum atomic E-state index is -0.516. The van der Waals surface area contributed by atoms with Crippen molar-refractivity contribution in [2.45, 2.75) is 19.8 Å². The Morgan fingerprint density at radius 2 is 2.05 bits per heavy atom. The van der Waals surface area contributed by atoms with Crippen LogP contribution in [0.15, 0.2) is 0 Å². The van der Waals surface area contributed by atoms with E-state index in [1.807, 2.05) is 0 Å². The molecule has 19 heavy (non-hydrogen) atoms. The summed E-state index contributed by atoms with van der Waals surface area (Å²) in [5.74, 6) is -0.509. The third-order valence-corrected chi connectivity index (χ3v) is 2.73. The number of amides is 1. The van der Waals surface area contributed by atoms with E-state index in [9.17, 15) is 9.59 Å². The number of nitrogens with zero attached hydrogens (tertiary/aromatic N) is 3. The van der Waals surface area contributed by atoms with E-state index in [1.54, 1.807) is 28.1 Å². The highest BCUT2D eigenvalue weighted by Crippen LogP contribution is 2.16. The Kier molecular flexibility index (Phi) is 4.91. The molecule has 7 nitrogen and oxygen atoms in total. The Labute approximate surface area is 112 Å². The number of aromatic nitrogens is 2. The fraction of sp³-hybridized carbons (Fsp3) is 0.583. The topological polar surface area (TPSA) is 90.5 Å². The van der Waals surface area contributed by atoms with Crippen LogP contribution in [-0.2, 0) is 16.6 Å². The van der Waals surface area contributed by atoms with Gasteiger partial charge < -0.3 is 15.4 Å². The van der Waals surface area contributed by atoms with Crippen molar-refractivity contribution in [3.8, 4) is 0 Å². The van der Waals surface area contributed by atoms with Gasteiger partial charge in [0.05, 0.1) is 18.0 Å². The first-order valence-electron chi connectivity index (χ1n) is 6.01. The summed E-state index contributed by atoms with van der Waals surface area (Å²) < 4.78 is 6.48. The molecule has 1 aromatic heterocycles. The van der Waals surface area contributed by atoms with Crippen molar-refractivity contribution >= 4 is 17.6 Å². The molecule has 1 amide bonds. The van der Waals surface area contributed by atoms with Crippen LogP contribution in [0.3, 0.4) is 0 Å². The molecule has 2 N–H and O–H groups in total. The van der Waals surface area contributed by atoms with E-state index in [0.717, 1.165) is 0 Å². The van der Waals surface area contributed by atoms with Gasteiger partial charge >= 0.3 is 5.97 Å². The van der Waals surface area contributed by atoms with Gasteiger partial charge in [0.1, 0.15) is 0 Å². The first-order valence-corrected chi connectivity index (χ1v) is 6.01. The van der Waals surface area contributed by atoms with Crippen LogP contribution >= 0.6 is 0 Å². The van der Waals surface area contributed by atoms with Gasteiger partial charge in [0.2, 0.25) is 5.91 Å². The number of nitrogens with two attached hydrogens (primary N) is 1. The lowest BCUT2D eigenvalue weighted by molar-refractivity contribution is -0.128. The molecule has 0 spiro atoms. The van der Waals surface area contributed by atoms with E-state index in [-0.39, 0.29) is 18.2 Å². The molecule has 0 aromatic carbocycles. The average Bonchev–Trinajstić information content (AvgIpc) is 2.58. The summed E-state index contributed by atoms with van der Waals surface area (Å²) in [6.45, 7) is 1.91. The highest BCUT2D eigenvalue weighted by Gasteiger charge is 2.19. The van der Waals surface area contributed by atoms with E-state index < -0.39 is 5.97 Å². The molecule has 0 atom stereocenters. The molecule has 0 unspecified atom stereocenters. The fourth-order valence-corrected chi connectivity index (χ4v) is 1.60. The first-order chi connectivity index (χ1) is 8.84. The number of esters is 1. The summed E-state index contributed by atoms with van der Waals surface area (Å²) in [4.78, 5) is 24.6. The van der Waals surface area contributed by atoms with Crippen LogP contribution < -0.4 is 5.73 Å². The number of rotatable bonds is 5. The smallest absolute Gasteiger partial charge is 0.358 e. The monoisotopic (exact) mass is 268 g/mol. The lowest BCUT2D eigenvalue weighted by atomic mass is 10.3. The third-order valence-electron chi connectivity index (χ3n) is 2.73. The molecule has 0 bridgehead atoms. The van der Waals surface area contributed by atoms with E-state index in [1.165, 1.54) is 9.58 Å². The Bertz CT molecular complexity index is 480. The summed E-state index contributed by atoms with van der Waals surface area (Å²) in [6, 6.07) is 0. The van der Waals surface area contributed by atoms with Crippen molar-refractivity contribution in [3.05, 3.63) is 11.4 Å². The van der Waals surface area contributed by atoms with Crippen LogP contribution in [0.4, 0.5) is 5.69 Å². The maximum atomic E-state index is 11.8. The minimum absolute atomic E-state index is 0.00643. The molecule has 0 saturated carbocycles. The zero-order valence-corrected chi connectivity index (χ0v) is 11.8. The maximum absolute atomic E-state index is 11.8. The average molecular weight is 268 g/mol. The lowest BCUT2D eigenvalue weighted by Crippen LogP contribution is -2.22. The van der Waals surface area contributed by atoms with Gasteiger partial charge in [0.15, 0.2) is 5.69 Å². The Morgan fingerprint density at radius 3 is 2.53 bits per heavy atom. The number of hydrogen-bond acceptors (Lipinski definition) is 5. The predicted molar refractivity (Wildman–Crippen MR) is 70.6 cm³/mol. The normalized spacial score (nSPS) is 10.3. The van der Waals surface area contributed by atoms with Gasteiger partial charge in [0.25, 0.3) is 0 Å². The van der Waals surface area contributed by atoms with Crippen LogP contribution in [0.1, 0.15) is 29.0 Å². The molecule has 1 rings (SSSR count). The number of carbonyl (C=O) groups is 2. The molecule has 0 aliphatic heterocycles. The number of carbonyl (C=O) groups excluding carboxylic acids is 2. The molecular formula is C12H20N4O3. The van der Waals surface area contributed by atoms with Crippen molar-refractivity contribution < 1.29 is 14.3 Å². The van der Waals surface area contributed by atoms with Crippen LogP contribution in [0.2, 0.25) is 0 Å². The Morgan fingerprint density at radius 1 is 1.42 bits per heavy atom. The SMILES string of the molecule is Cc1nn(C)c(C(=O)OCCCC(=O)N(C)C)c1N. The summed E-state index contributed by atoms with van der Waals surface area (Å²) in [6.07, 6.45) is 0.833. The quantitative estimate of drug-likeness (QED) is 0.614. The molecule has 7 heteroatoms. The third kappa shape index (κ3) is 3.70. The molecule has 0 aliphatic rings. The highest BCUT2D eigenvalue weighted by molar-refractivity contribution is 5.93. The van der Waals surface area contributed by atoms with Gasteiger partial charge in [0, 0.05) is 27.6 Å². The number of nitrogen functional groups attached to an aromatic ring is 1. The van der Waals surface area contributed by atoms with Gasteiger partial charge in [-0.05, 0) is 13.3 Å². The summed E-state index contributed by atoms with van der Waals surface area (Å²) in [5, 5.41) is 4.04. The number of anilines is 1. The number of ether oxygens (including phenoxy) is 1. The molecule has 0 aliphatic carbocycles. The fourth-order valence-electron chi connectivity index (χ4n) is 1.60. The zero-order valence-electron chi connectivity index (χ0n) is 11.8. The van der Waals surface area contributed by atoms with Crippen molar-refractivity contribution in [2.75, 3.05) is 26.4 Å². The van der Waals surface area contributed by atoms with E-state index in [2.05, 4.69) is 5.10 Å². The first kappa shape index (κ1) is 15.0. The van der Waals surface area contributed by atoms with E-state index in [4.69, 9.17) is 10.5 Å². The largest absolute Gasteiger partial charge is 0.461 e. The van der Waals surface area contributed by atoms with Gasteiger partial charge in [-0.3, -0.25) is 9.48 Å². The zero-order chi connectivity index (χ0) is 14.6. The second kappa shape index (κ2) is 6.21. The summed E-state index contributed by atoms with van der Waals surface area (Å²) >= 11 is 0. The maximum Gasteiger partial charge on any atom is 0.358 e. The Hall–Kier alpha value is -2.05. The van der Waals surface area contributed by atoms with Gasteiger partial charge in [-0.1, -0.05) is 0 Å².